The Bertz CT molecular complexity index is 1140. The van der Waals surface area contributed by atoms with E-state index in [4.69, 9.17) is 4.74 Å². The SMILES string of the molecule is COc1cccc([C@H]2[C@H](C(=O)NCc3cccnc3)c3ccccc3C(=O)N2C2CC2)c1. The fraction of sp³-hybridized carbons (Fsp3) is 0.269. The number of carbonyl (C=O) groups is 2. The summed E-state index contributed by atoms with van der Waals surface area (Å²) < 4.78 is 5.44. The van der Waals surface area contributed by atoms with Crippen molar-refractivity contribution < 1.29 is 14.3 Å². The van der Waals surface area contributed by atoms with Crippen molar-refractivity contribution in [3.05, 3.63) is 95.3 Å². The van der Waals surface area contributed by atoms with Gasteiger partial charge in [-0.15, -0.1) is 0 Å². The van der Waals surface area contributed by atoms with E-state index in [1.807, 2.05) is 65.6 Å². The van der Waals surface area contributed by atoms with Crippen molar-refractivity contribution >= 4 is 11.8 Å². The summed E-state index contributed by atoms with van der Waals surface area (Å²) in [6.07, 6.45) is 5.37. The van der Waals surface area contributed by atoms with Gasteiger partial charge in [0, 0.05) is 30.5 Å². The number of pyridine rings is 1. The smallest absolute Gasteiger partial charge is 0.254 e. The summed E-state index contributed by atoms with van der Waals surface area (Å²) in [5.41, 5.74) is 3.21. The van der Waals surface area contributed by atoms with Gasteiger partial charge in [-0.3, -0.25) is 14.6 Å². The molecule has 5 rings (SSSR count). The molecule has 3 aromatic rings. The van der Waals surface area contributed by atoms with Crippen LogP contribution in [-0.2, 0) is 11.3 Å². The molecule has 2 amide bonds. The molecular formula is C26H25N3O3. The molecule has 2 aromatic carbocycles. The second-order valence-electron chi connectivity index (χ2n) is 8.31. The van der Waals surface area contributed by atoms with Crippen LogP contribution in [0.25, 0.3) is 0 Å². The first-order chi connectivity index (χ1) is 15.7. The summed E-state index contributed by atoms with van der Waals surface area (Å²) in [4.78, 5) is 33.3. The van der Waals surface area contributed by atoms with Gasteiger partial charge in [-0.1, -0.05) is 36.4 Å². The molecule has 0 spiro atoms. The Morgan fingerprint density at radius 1 is 1.12 bits per heavy atom. The monoisotopic (exact) mass is 427 g/mol. The molecule has 1 aromatic heterocycles. The number of hydrogen-bond acceptors (Lipinski definition) is 4. The van der Waals surface area contributed by atoms with E-state index in [9.17, 15) is 9.59 Å². The Hall–Kier alpha value is -3.67. The number of nitrogens with one attached hydrogen (secondary N) is 1. The van der Waals surface area contributed by atoms with Crippen LogP contribution in [0.2, 0.25) is 0 Å². The number of aromatic nitrogens is 1. The second-order valence-corrected chi connectivity index (χ2v) is 8.31. The van der Waals surface area contributed by atoms with Gasteiger partial charge in [0.25, 0.3) is 5.91 Å². The van der Waals surface area contributed by atoms with Gasteiger partial charge in [0.1, 0.15) is 5.75 Å². The molecule has 1 N–H and O–H groups in total. The third-order valence-electron chi connectivity index (χ3n) is 6.22. The molecule has 0 bridgehead atoms. The third-order valence-corrected chi connectivity index (χ3v) is 6.22. The zero-order valence-electron chi connectivity index (χ0n) is 17.9. The number of amides is 2. The lowest BCUT2D eigenvalue weighted by Crippen LogP contribution is -2.48. The fourth-order valence-corrected chi connectivity index (χ4v) is 4.57. The highest BCUT2D eigenvalue weighted by molar-refractivity contribution is 6.01. The van der Waals surface area contributed by atoms with E-state index in [1.54, 1.807) is 19.5 Å². The van der Waals surface area contributed by atoms with Gasteiger partial charge in [-0.25, -0.2) is 0 Å². The predicted octanol–water partition coefficient (Wildman–Crippen LogP) is 3.85. The quantitative estimate of drug-likeness (QED) is 0.649. The highest BCUT2D eigenvalue weighted by Gasteiger charge is 2.49. The van der Waals surface area contributed by atoms with Crippen molar-refractivity contribution in [1.82, 2.24) is 15.2 Å². The Morgan fingerprint density at radius 3 is 2.72 bits per heavy atom. The number of methoxy groups -OCH3 is 1. The molecule has 0 saturated heterocycles. The summed E-state index contributed by atoms with van der Waals surface area (Å²) in [5, 5.41) is 3.08. The number of nitrogens with zero attached hydrogens (tertiary/aromatic N) is 2. The van der Waals surface area contributed by atoms with Crippen LogP contribution in [0.1, 0.15) is 51.8 Å². The molecule has 1 saturated carbocycles. The normalized spacial score (nSPS) is 19.9. The van der Waals surface area contributed by atoms with Crippen molar-refractivity contribution in [1.29, 1.82) is 0 Å². The maximum atomic E-state index is 13.7. The van der Waals surface area contributed by atoms with Crippen LogP contribution in [-0.4, -0.2) is 34.8 Å². The topological polar surface area (TPSA) is 71.5 Å². The maximum Gasteiger partial charge on any atom is 0.254 e. The molecule has 2 heterocycles. The maximum absolute atomic E-state index is 13.7. The van der Waals surface area contributed by atoms with Crippen LogP contribution < -0.4 is 10.1 Å². The van der Waals surface area contributed by atoms with E-state index >= 15 is 0 Å². The number of ether oxygens (including phenoxy) is 1. The van der Waals surface area contributed by atoms with E-state index in [1.165, 1.54) is 0 Å². The second kappa shape index (κ2) is 8.46. The number of carbonyl (C=O) groups excluding carboxylic acids is 2. The van der Waals surface area contributed by atoms with Gasteiger partial charge < -0.3 is 15.0 Å². The van der Waals surface area contributed by atoms with Crippen molar-refractivity contribution in [3.8, 4) is 5.75 Å². The molecule has 6 nitrogen and oxygen atoms in total. The molecule has 2 atom stereocenters. The van der Waals surface area contributed by atoms with Crippen LogP contribution in [0.3, 0.4) is 0 Å². The van der Waals surface area contributed by atoms with E-state index in [2.05, 4.69) is 10.3 Å². The number of benzene rings is 2. The summed E-state index contributed by atoms with van der Waals surface area (Å²) in [7, 11) is 1.62. The molecule has 1 fully saturated rings. The zero-order valence-corrected chi connectivity index (χ0v) is 17.9. The molecule has 1 aliphatic heterocycles. The lowest BCUT2D eigenvalue weighted by Gasteiger charge is -2.42. The van der Waals surface area contributed by atoms with Gasteiger partial charge in [-0.05, 0) is 53.8 Å². The fourth-order valence-electron chi connectivity index (χ4n) is 4.57. The first-order valence-corrected chi connectivity index (χ1v) is 10.9. The van der Waals surface area contributed by atoms with Gasteiger partial charge in [0.05, 0.1) is 19.1 Å². The number of fused-ring (bicyclic) bond motifs is 1. The molecule has 32 heavy (non-hydrogen) atoms. The van der Waals surface area contributed by atoms with E-state index in [-0.39, 0.29) is 17.9 Å². The van der Waals surface area contributed by atoms with Crippen LogP contribution in [0.15, 0.2) is 73.1 Å². The number of hydrogen-bond donors (Lipinski definition) is 1. The van der Waals surface area contributed by atoms with E-state index < -0.39 is 12.0 Å². The Morgan fingerprint density at radius 2 is 1.97 bits per heavy atom. The first-order valence-electron chi connectivity index (χ1n) is 10.9. The lowest BCUT2D eigenvalue weighted by molar-refractivity contribution is -0.124. The first kappa shape index (κ1) is 20.2. The van der Waals surface area contributed by atoms with Crippen LogP contribution in [0, 0.1) is 0 Å². The summed E-state index contributed by atoms with van der Waals surface area (Å²) in [5.74, 6) is 0.0758. The minimum atomic E-state index is -0.520. The van der Waals surface area contributed by atoms with Gasteiger partial charge in [0.2, 0.25) is 5.91 Å². The van der Waals surface area contributed by atoms with Crippen molar-refractivity contribution in [2.45, 2.75) is 37.4 Å². The standard InChI is InChI=1S/C26H25N3O3/c1-32-20-8-4-7-18(14-20)24-23(25(30)28-16-17-6-5-13-27-15-17)21-9-2-3-10-22(21)26(31)29(24)19-11-12-19/h2-10,13-15,19,23-24H,11-12,16H2,1H3,(H,28,30)/t23-,24+/m1/s1. The van der Waals surface area contributed by atoms with Gasteiger partial charge in [-0.2, -0.15) is 0 Å². The third kappa shape index (κ3) is 3.73. The highest BCUT2D eigenvalue weighted by atomic mass is 16.5. The molecule has 1 aliphatic carbocycles. The minimum Gasteiger partial charge on any atom is -0.497 e. The molecule has 162 valence electrons. The van der Waals surface area contributed by atoms with Crippen molar-refractivity contribution in [2.75, 3.05) is 7.11 Å². The predicted molar refractivity (Wildman–Crippen MR) is 120 cm³/mol. The van der Waals surface area contributed by atoms with Gasteiger partial charge >= 0.3 is 0 Å². The van der Waals surface area contributed by atoms with E-state index in [0.717, 1.165) is 29.5 Å². The summed E-state index contributed by atoms with van der Waals surface area (Å²) >= 11 is 0. The largest absolute Gasteiger partial charge is 0.497 e. The van der Waals surface area contributed by atoms with Crippen LogP contribution >= 0.6 is 0 Å². The van der Waals surface area contributed by atoms with E-state index in [0.29, 0.717) is 17.9 Å². The summed E-state index contributed by atoms with van der Waals surface area (Å²) in [6, 6.07) is 18.7. The van der Waals surface area contributed by atoms with Crippen molar-refractivity contribution in [3.63, 3.8) is 0 Å². The molecule has 6 heteroatoms. The molecule has 0 unspecified atom stereocenters. The molecule has 2 aliphatic rings. The highest BCUT2D eigenvalue weighted by Crippen LogP contribution is 2.48. The van der Waals surface area contributed by atoms with Gasteiger partial charge in [0.15, 0.2) is 0 Å². The number of rotatable bonds is 6. The average Bonchev–Trinajstić information content (AvgIpc) is 3.68. The van der Waals surface area contributed by atoms with Crippen LogP contribution in [0.4, 0.5) is 0 Å². The Kier molecular flexibility index (Phi) is 5.35. The van der Waals surface area contributed by atoms with Crippen molar-refractivity contribution in [2.24, 2.45) is 0 Å². The molecular weight excluding hydrogens is 402 g/mol. The minimum absolute atomic E-state index is 0.00720. The zero-order chi connectivity index (χ0) is 22.1. The summed E-state index contributed by atoms with van der Waals surface area (Å²) in [6.45, 7) is 0.382. The Balaban J connectivity index is 1.58. The Labute approximate surface area is 187 Å². The van der Waals surface area contributed by atoms with Crippen LogP contribution in [0.5, 0.6) is 5.75 Å². The lowest BCUT2D eigenvalue weighted by atomic mass is 9.79. The average molecular weight is 428 g/mol. The molecule has 0 radical (unpaired) electrons.